The van der Waals surface area contributed by atoms with E-state index in [1.165, 1.54) is 6.42 Å². The van der Waals surface area contributed by atoms with Crippen LogP contribution in [0.1, 0.15) is 38.5 Å². The molecule has 0 aliphatic carbocycles. The number of aliphatic hydroxyl groups is 1. The molecule has 0 aromatic rings. The van der Waals surface area contributed by atoms with E-state index in [0.717, 1.165) is 45.3 Å². The lowest BCUT2D eigenvalue weighted by molar-refractivity contribution is -0.532. The van der Waals surface area contributed by atoms with Gasteiger partial charge in [0, 0.05) is 43.1 Å². The van der Waals surface area contributed by atoms with Gasteiger partial charge in [0.25, 0.3) is 6.17 Å². The highest BCUT2D eigenvalue weighted by molar-refractivity contribution is 4.99. The molecule has 2 N–H and O–H groups in total. The second-order valence-electron chi connectivity index (χ2n) is 7.22. The molecule has 0 spiro atoms. The van der Waals surface area contributed by atoms with Crippen molar-refractivity contribution in [3.8, 4) is 0 Å². The smallest absolute Gasteiger partial charge is 0.266 e. The Kier molecular flexibility index (Phi) is 4.68. The molecule has 7 heteroatoms. The third kappa shape index (κ3) is 3.13. The number of nitrogens with one attached hydrogen (secondary N) is 1. The minimum atomic E-state index is -0.579. The minimum absolute atomic E-state index is 0.221. The van der Waals surface area contributed by atoms with E-state index in [1.807, 2.05) is 0 Å². The summed E-state index contributed by atoms with van der Waals surface area (Å²) in [4.78, 5) is 15.3. The number of likely N-dealkylation sites (N-methyl/N-ethyl adjacent to an activating group) is 1. The van der Waals surface area contributed by atoms with Crippen LogP contribution in [0.3, 0.4) is 0 Å². The zero-order chi connectivity index (χ0) is 15.7. The summed E-state index contributed by atoms with van der Waals surface area (Å²) in [6.45, 7) is 3.57. The first-order chi connectivity index (χ1) is 10.5. The summed E-state index contributed by atoms with van der Waals surface area (Å²) < 4.78 is 0. The lowest BCUT2D eigenvalue weighted by Crippen LogP contribution is -2.59. The number of nitrogens with zero attached hydrogens (tertiary/aromatic N) is 3. The summed E-state index contributed by atoms with van der Waals surface area (Å²) >= 11 is 0. The molecule has 3 atom stereocenters. The molecule has 0 aromatic carbocycles. The number of nitro groups is 1. The summed E-state index contributed by atoms with van der Waals surface area (Å²) in [5.41, 5.74) is -0.548. The molecule has 3 heterocycles. The number of rotatable bonds is 3. The van der Waals surface area contributed by atoms with Gasteiger partial charge in [-0.2, -0.15) is 0 Å². The number of piperidine rings is 2. The van der Waals surface area contributed by atoms with Gasteiger partial charge in [-0.1, -0.05) is 0 Å². The fourth-order valence-corrected chi connectivity index (χ4v) is 4.52. The fourth-order valence-electron chi connectivity index (χ4n) is 4.52. The van der Waals surface area contributed by atoms with Crippen LogP contribution in [-0.4, -0.2) is 76.9 Å². The van der Waals surface area contributed by atoms with Crippen LogP contribution in [-0.2, 0) is 0 Å². The first kappa shape index (κ1) is 16.1. The first-order valence-corrected chi connectivity index (χ1v) is 8.53. The molecule has 3 rings (SSSR count). The van der Waals surface area contributed by atoms with Crippen LogP contribution in [0.5, 0.6) is 0 Å². The SMILES string of the molecule is CN1CCCC1C1(O)CCN(C2CCC([N+](=O)[O-])NC2)CC1. The molecule has 0 aromatic heterocycles. The lowest BCUT2D eigenvalue weighted by atomic mass is 9.82. The van der Waals surface area contributed by atoms with Crippen molar-refractivity contribution in [1.29, 1.82) is 0 Å². The predicted octanol–water partition coefficient (Wildman–Crippen LogP) is 0.262. The Bertz CT molecular complexity index is 404. The zero-order valence-electron chi connectivity index (χ0n) is 13.4. The van der Waals surface area contributed by atoms with Crippen molar-refractivity contribution in [2.24, 2.45) is 0 Å². The van der Waals surface area contributed by atoms with Crippen molar-refractivity contribution in [3.63, 3.8) is 0 Å². The second-order valence-corrected chi connectivity index (χ2v) is 7.22. The summed E-state index contributed by atoms with van der Waals surface area (Å²) in [6, 6.07) is 0.681. The Balaban J connectivity index is 1.51. The van der Waals surface area contributed by atoms with Gasteiger partial charge in [0.05, 0.1) is 5.60 Å². The summed E-state index contributed by atoms with van der Waals surface area (Å²) in [5, 5.41) is 24.8. The summed E-state index contributed by atoms with van der Waals surface area (Å²) in [6.07, 6.45) is 4.81. The molecule has 3 aliphatic heterocycles. The molecule has 3 saturated heterocycles. The average molecular weight is 312 g/mol. The van der Waals surface area contributed by atoms with Crippen LogP contribution in [0.25, 0.3) is 0 Å². The van der Waals surface area contributed by atoms with E-state index in [4.69, 9.17) is 0 Å². The molecule has 3 fully saturated rings. The highest BCUT2D eigenvalue weighted by atomic mass is 16.6. The number of hydrogen-bond donors (Lipinski definition) is 2. The Morgan fingerprint density at radius 1 is 1.23 bits per heavy atom. The average Bonchev–Trinajstić information content (AvgIpc) is 2.95. The summed E-state index contributed by atoms with van der Waals surface area (Å²) in [7, 11) is 2.12. The van der Waals surface area contributed by atoms with Gasteiger partial charge < -0.3 is 10.0 Å². The Morgan fingerprint density at radius 2 is 1.95 bits per heavy atom. The van der Waals surface area contributed by atoms with Gasteiger partial charge >= 0.3 is 0 Å². The standard InChI is InChI=1S/C15H28N4O3/c1-17-8-2-3-13(17)15(20)6-9-18(10-7-15)12-4-5-14(16-11-12)19(21)22/h12-14,16,20H,2-11H2,1H3. The van der Waals surface area contributed by atoms with E-state index in [-0.39, 0.29) is 4.92 Å². The van der Waals surface area contributed by atoms with Gasteiger partial charge in [0.2, 0.25) is 0 Å². The predicted molar refractivity (Wildman–Crippen MR) is 83.2 cm³/mol. The Morgan fingerprint density at radius 3 is 2.45 bits per heavy atom. The zero-order valence-corrected chi connectivity index (χ0v) is 13.4. The van der Waals surface area contributed by atoms with Crippen molar-refractivity contribution in [2.75, 3.05) is 33.2 Å². The largest absolute Gasteiger partial charge is 0.388 e. The topological polar surface area (TPSA) is 81.9 Å². The van der Waals surface area contributed by atoms with Gasteiger partial charge in [-0.05, 0) is 45.7 Å². The van der Waals surface area contributed by atoms with Crippen molar-refractivity contribution in [2.45, 2.75) is 62.4 Å². The molecule has 126 valence electrons. The van der Waals surface area contributed by atoms with Gasteiger partial charge in [0.1, 0.15) is 0 Å². The molecule has 7 nitrogen and oxygen atoms in total. The van der Waals surface area contributed by atoms with Crippen LogP contribution in [0, 0.1) is 10.1 Å². The third-order valence-electron chi connectivity index (χ3n) is 5.94. The van der Waals surface area contributed by atoms with Crippen LogP contribution in [0.4, 0.5) is 0 Å². The van der Waals surface area contributed by atoms with Crippen molar-refractivity contribution in [1.82, 2.24) is 15.1 Å². The molecular formula is C15H28N4O3. The van der Waals surface area contributed by atoms with Gasteiger partial charge in [-0.25, -0.2) is 0 Å². The van der Waals surface area contributed by atoms with E-state index in [0.29, 0.717) is 25.0 Å². The van der Waals surface area contributed by atoms with Gasteiger partial charge in [-0.15, -0.1) is 0 Å². The monoisotopic (exact) mass is 312 g/mol. The van der Waals surface area contributed by atoms with Crippen LogP contribution in [0.2, 0.25) is 0 Å². The third-order valence-corrected chi connectivity index (χ3v) is 5.94. The number of hydrogen-bond acceptors (Lipinski definition) is 6. The Labute approximate surface area is 131 Å². The van der Waals surface area contributed by atoms with E-state index < -0.39 is 11.8 Å². The van der Waals surface area contributed by atoms with E-state index in [9.17, 15) is 15.2 Å². The highest BCUT2D eigenvalue weighted by Gasteiger charge is 2.44. The first-order valence-electron chi connectivity index (χ1n) is 8.53. The van der Waals surface area contributed by atoms with Crippen LogP contribution < -0.4 is 5.32 Å². The molecule has 3 aliphatic rings. The molecule has 0 radical (unpaired) electrons. The minimum Gasteiger partial charge on any atom is -0.388 e. The van der Waals surface area contributed by atoms with E-state index >= 15 is 0 Å². The second kappa shape index (κ2) is 6.39. The molecular weight excluding hydrogens is 284 g/mol. The maximum Gasteiger partial charge on any atom is 0.266 e. The van der Waals surface area contributed by atoms with Gasteiger partial charge in [0.15, 0.2) is 0 Å². The quantitative estimate of drug-likeness (QED) is 0.575. The van der Waals surface area contributed by atoms with E-state index in [1.54, 1.807) is 0 Å². The highest BCUT2D eigenvalue weighted by Crippen LogP contribution is 2.35. The normalized spacial score (nSPS) is 37.3. The van der Waals surface area contributed by atoms with Crippen molar-refractivity contribution in [3.05, 3.63) is 10.1 Å². The maximum absolute atomic E-state index is 11.0. The number of likely N-dealkylation sites (tertiary alicyclic amines) is 2. The Hall–Kier alpha value is -0.760. The van der Waals surface area contributed by atoms with E-state index in [2.05, 4.69) is 22.2 Å². The van der Waals surface area contributed by atoms with Crippen LogP contribution in [0.15, 0.2) is 0 Å². The maximum atomic E-state index is 11.0. The van der Waals surface area contributed by atoms with Gasteiger partial charge in [-0.3, -0.25) is 20.3 Å². The molecule has 0 amide bonds. The molecule has 3 unspecified atom stereocenters. The molecule has 0 bridgehead atoms. The van der Waals surface area contributed by atoms with Crippen LogP contribution >= 0.6 is 0 Å². The lowest BCUT2D eigenvalue weighted by Gasteiger charge is -2.46. The van der Waals surface area contributed by atoms with Crippen molar-refractivity contribution >= 4 is 0 Å². The fraction of sp³-hybridized carbons (Fsp3) is 1.00. The van der Waals surface area contributed by atoms with Crippen molar-refractivity contribution < 1.29 is 10.0 Å². The molecule has 22 heavy (non-hydrogen) atoms. The summed E-state index contributed by atoms with van der Waals surface area (Å²) in [5.74, 6) is 0. The molecule has 0 saturated carbocycles.